The first-order valence-corrected chi connectivity index (χ1v) is 14.8. The van der Waals surface area contributed by atoms with Gasteiger partial charge < -0.3 is 9.80 Å². The molecule has 0 bridgehead atoms. The molecule has 0 atom stereocenters. The minimum absolute atomic E-state index is 0.0923. The zero-order valence-electron chi connectivity index (χ0n) is 22.3. The molecule has 0 N–H and O–H groups in total. The number of para-hydroxylation sites is 1. The number of anilines is 2. The second kappa shape index (κ2) is 11.5. The maximum Gasteiger partial charge on any atom is 0.270 e. The number of amides is 1. The number of piperazine rings is 1. The average molecular weight is 566 g/mol. The van der Waals surface area contributed by atoms with Crippen LogP contribution < -0.4 is 15.4 Å². The number of aromatic nitrogens is 1. The highest BCUT2D eigenvalue weighted by molar-refractivity contribution is 8.26. The topological polar surface area (TPSA) is 72.6 Å². The molecule has 0 spiro atoms. The molecule has 3 aliphatic rings. The van der Waals surface area contributed by atoms with E-state index in [1.54, 1.807) is 28.5 Å². The van der Waals surface area contributed by atoms with Crippen LogP contribution in [0.5, 0.6) is 0 Å². The fourth-order valence-corrected chi connectivity index (χ4v) is 7.25. The molecule has 1 saturated carbocycles. The second-order valence-electron chi connectivity index (χ2n) is 10.2. The number of carbonyl (C=O) groups excluding carboxylic acids is 1. The third-order valence-corrected chi connectivity index (χ3v) is 9.19. The first kappa shape index (κ1) is 27.4. The van der Waals surface area contributed by atoms with Crippen molar-refractivity contribution in [1.29, 1.82) is 5.26 Å². The molecule has 3 heterocycles. The lowest BCUT2D eigenvalue weighted by Crippen LogP contribution is -2.49. The molecule has 3 fully saturated rings. The van der Waals surface area contributed by atoms with E-state index < -0.39 is 0 Å². The molecular formula is C29H32FN5O2S2. The van der Waals surface area contributed by atoms with Crippen LogP contribution in [0.4, 0.5) is 15.9 Å². The summed E-state index contributed by atoms with van der Waals surface area (Å²) >= 11 is 6.91. The number of thiocarbonyl (C=S) groups is 1. The Kier molecular flexibility index (Phi) is 8.10. The molecule has 39 heavy (non-hydrogen) atoms. The molecule has 0 unspecified atom stereocenters. The van der Waals surface area contributed by atoms with E-state index in [1.165, 1.54) is 17.8 Å². The summed E-state index contributed by atoms with van der Waals surface area (Å²) in [5, 5.41) is 9.90. The standard InChI is InChI=1S/C29H32FN5O2S2/c1-3-12-34-26(33-15-13-32(14-16-33)24-11-7-6-10-23(24)30)21(19(2)22(18-31)27(34)36)17-25-28(37)35(29(38)39-25)20-8-4-5-9-20/h6-7,10-11,17,20H,3-5,8-9,12-16H2,1-2H3/b25-17+. The fourth-order valence-electron chi connectivity index (χ4n) is 5.87. The van der Waals surface area contributed by atoms with Crippen molar-refractivity contribution in [2.75, 3.05) is 36.0 Å². The van der Waals surface area contributed by atoms with E-state index in [0.29, 0.717) is 71.0 Å². The van der Waals surface area contributed by atoms with E-state index in [0.717, 1.165) is 25.7 Å². The first-order chi connectivity index (χ1) is 18.8. The predicted octanol–water partition coefficient (Wildman–Crippen LogP) is 5.05. The summed E-state index contributed by atoms with van der Waals surface area (Å²) in [4.78, 5) is 33.4. The number of hydrogen-bond donors (Lipinski definition) is 0. The molecule has 10 heteroatoms. The van der Waals surface area contributed by atoms with Crippen LogP contribution in [0, 0.1) is 24.1 Å². The quantitative estimate of drug-likeness (QED) is 0.359. The van der Waals surface area contributed by atoms with Gasteiger partial charge in [0.2, 0.25) is 0 Å². The second-order valence-corrected chi connectivity index (χ2v) is 11.9. The van der Waals surface area contributed by atoms with Crippen molar-refractivity contribution < 1.29 is 9.18 Å². The van der Waals surface area contributed by atoms with Crippen molar-refractivity contribution in [3.8, 4) is 6.07 Å². The average Bonchev–Trinajstić information content (AvgIpc) is 3.55. The van der Waals surface area contributed by atoms with Crippen LogP contribution in [-0.4, -0.2) is 51.9 Å². The van der Waals surface area contributed by atoms with Gasteiger partial charge in [0.25, 0.3) is 11.5 Å². The van der Waals surface area contributed by atoms with Gasteiger partial charge in [0.15, 0.2) is 0 Å². The number of hydrogen-bond acceptors (Lipinski definition) is 7. The van der Waals surface area contributed by atoms with Crippen LogP contribution in [0.2, 0.25) is 0 Å². The Morgan fingerprint density at radius 1 is 1.13 bits per heavy atom. The molecule has 204 valence electrons. The molecule has 1 aromatic heterocycles. The van der Waals surface area contributed by atoms with Gasteiger partial charge in [-0.15, -0.1) is 0 Å². The van der Waals surface area contributed by atoms with Crippen molar-refractivity contribution in [1.82, 2.24) is 9.47 Å². The number of carbonyl (C=O) groups is 1. The van der Waals surface area contributed by atoms with E-state index in [-0.39, 0.29) is 28.9 Å². The van der Waals surface area contributed by atoms with Crippen LogP contribution in [0.15, 0.2) is 34.0 Å². The number of nitriles is 1. The predicted molar refractivity (Wildman–Crippen MR) is 159 cm³/mol. The van der Waals surface area contributed by atoms with Crippen molar-refractivity contribution >= 4 is 51.8 Å². The van der Waals surface area contributed by atoms with Crippen molar-refractivity contribution in [3.63, 3.8) is 0 Å². The molecule has 2 aromatic rings. The van der Waals surface area contributed by atoms with Crippen LogP contribution in [-0.2, 0) is 11.3 Å². The fraction of sp³-hybridized carbons (Fsp3) is 0.448. The van der Waals surface area contributed by atoms with Gasteiger partial charge in [-0.3, -0.25) is 19.1 Å². The molecule has 5 rings (SSSR count). The van der Waals surface area contributed by atoms with Gasteiger partial charge in [0.1, 0.15) is 27.6 Å². The maximum atomic E-state index is 14.5. The summed E-state index contributed by atoms with van der Waals surface area (Å²) in [7, 11) is 0. The molecule has 2 aliphatic heterocycles. The smallest absolute Gasteiger partial charge is 0.270 e. The lowest BCUT2D eigenvalue weighted by molar-refractivity contribution is -0.123. The Morgan fingerprint density at radius 2 is 1.79 bits per heavy atom. The van der Waals surface area contributed by atoms with Gasteiger partial charge in [0, 0.05) is 44.3 Å². The largest absolute Gasteiger partial charge is 0.366 e. The summed E-state index contributed by atoms with van der Waals surface area (Å²) in [5.41, 5.74) is 1.60. The molecule has 0 radical (unpaired) electrons. The van der Waals surface area contributed by atoms with Crippen molar-refractivity contribution in [2.45, 2.75) is 58.5 Å². The van der Waals surface area contributed by atoms with Crippen LogP contribution in [0.1, 0.15) is 55.7 Å². The minimum atomic E-state index is -0.320. The summed E-state index contributed by atoms with van der Waals surface area (Å²) in [6.45, 7) is 6.48. The zero-order chi connectivity index (χ0) is 27.7. The molecule has 1 amide bonds. The highest BCUT2D eigenvalue weighted by atomic mass is 32.2. The van der Waals surface area contributed by atoms with E-state index in [1.807, 2.05) is 24.0 Å². The number of halogens is 1. The Morgan fingerprint density at radius 3 is 2.44 bits per heavy atom. The lowest BCUT2D eigenvalue weighted by Gasteiger charge is -2.39. The number of thioether (sulfide) groups is 1. The first-order valence-electron chi connectivity index (χ1n) is 13.5. The molecule has 2 saturated heterocycles. The Balaban J connectivity index is 1.56. The van der Waals surface area contributed by atoms with Crippen LogP contribution in [0.3, 0.4) is 0 Å². The zero-order valence-corrected chi connectivity index (χ0v) is 23.9. The maximum absolute atomic E-state index is 14.5. The Bertz CT molecular complexity index is 1430. The number of benzene rings is 1. The van der Waals surface area contributed by atoms with E-state index in [2.05, 4.69) is 11.0 Å². The normalized spacial score (nSPS) is 19.4. The van der Waals surface area contributed by atoms with Crippen molar-refractivity contribution in [3.05, 3.63) is 62.0 Å². The molecule has 7 nitrogen and oxygen atoms in total. The van der Waals surface area contributed by atoms with Gasteiger partial charge in [-0.1, -0.05) is 55.9 Å². The van der Waals surface area contributed by atoms with Crippen LogP contribution >= 0.6 is 24.0 Å². The summed E-state index contributed by atoms with van der Waals surface area (Å²) < 4.78 is 16.7. The van der Waals surface area contributed by atoms with Gasteiger partial charge in [-0.05, 0) is 50.0 Å². The molecular weight excluding hydrogens is 533 g/mol. The highest BCUT2D eigenvalue weighted by Crippen LogP contribution is 2.39. The Hall–Kier alpha value is -3.16. The van der Waals surface area contributed by atoms with E-state index in [9.17, 15) is 19.2 Å². The van der Waals surface area contributed by atoms with Gasteiger partial charge in [-0.25, -0.2) is 4.39 Å². The monoisotopic (exact) mass is 565 g/mol. The van der Waals surface area contributed by atoms with Gasteiger partial charge in [-0.2, -0.15) is 5.26 Å². The summed E-state index contributed by atoms with van der Waals surface area (Å²) in [6.07, 6.45) is 6.63. The summed E-state index contributed by atoms with van der Waals surface area (Å²) in [5.74, 6) is 0.351. The minimum Gasteiger partial charge on any atom is -0.366 e. The third kappa shape index (κ3) is 5.10. The van der Waals surface area contributed by atoms with E-state index in [4.69, 9.17) is 12.2 Å². The molecule has 1 aromatic carbocycles. The highest BCUT2D eigenvalue weighted by Gasteiger charge is 2.38. The van der Waals surface area contributed by atoms with Gasteiger partial charge >= 0.3 is 0 Å². The lowest BCUT2D eigenvalue weighted by atomic mass is 10.0. The summed E-state index contributed by atoms with van der Waals surface area (Å²) in [6, 6.07) is 8.99. The number of pyridine rings is 1. The van der Waals surface area contributed by atoms with E-state index >= 15 is 0 Å². The number of rotatable bonds is 6. The Labute approximate surface area is 237 Å². The molecule has 1 aliphatic carbocycles. The SMILES string of the molecule is CCCn1c(N2CCN(c3ccccc3F)CC2)c(/C=C2/SC(=S)N(C3CCCC3)C2=O)c(C)c(C#N)c1=O. The third-order valence-electron chi connectivity index (χ3n) is 7.85. The van der Waals surface area contributed by atoms with Crippen LogP contribution in [0.25, 0.3) is 6.08 Å². The number of nitrogens with zero attached hydrogens (tertiary/aromatic N) is 5. The van der Waals surface area contributed by atoms with Crippen molar-refractivity contribution in [2.24, 2.45) is 0 Å². The van der Waals surface area contributed by atoms with Gasteiger partial charge in [0.05, 0.1) is 10.6 Å².